The number of rotatable bonds is 13. The van der Waals surface area contributed by atoms with Gasteiger partial charge in [-0.25, -0.2) is 4.98 Å². The Labute approximate surface area is 289 Å². The van der Waals surface area contributed by atoms with E-state index in [-0.39, 0.29) is 23.9 Å². The molecule has 3 atom stereocenters. The largest absolute Gasteiger partial charge is 0.482 e. The molecule has 11 nitrogen and oxygen atoms in total. The maximum atomic E-state index is 11.6. The fourth-order valence-electron chi connectivity index (χ4n) is 6.49. The third kappa shape index (κ3) is 7.00. The minimum absolute atomic E-state index is 0.0793. The number of halogens is 2. The number of aromatic nitrogens is 2. The van der Waals surface area contributed by atoms with Gasteiger partial charge < -0.3 is 36.1 Å². The predicted molar refractivity (Wildman–Crippen MR) is 184 cm³/mol. The van der Waals surface area contributed by atoms with Crippen LogP contribution in [0.2, 0.25) is 5.02 Å². The molecule has 5 heterocycles. The van der Waals surface area contributed by atoms with E-state index in [9.17, 15) is 9.59 Å². The molecule has 3 aromatic rings. The van der Waals surface area contributed by atoms with Crippen LogP contribution in [-0.4, -0.2) is 67.7 Å². The maximum Gasteiger partial charge on any atom is 0.220 e. The Morgan fingerprint density at radius 3 is 2.21 bits per heavy atom. The highest BCUT2D eigenvalue weighted by Gasteiger charge is 2.43. The van der Waals surface area contributed by atoms with Crippen molar-refractivity contribution >= 4 is 35.0 Å². The summed E-state index contributed by atoms with van der Waals surface area (Å²) < 4.78 is 11.6. The van der Waals surface area contributed by atoms with Crippen molar-refractivity contribution in [3.8, 4) is 17.1 Å². The molecule has 2 amide bonds. The Morgan fingerprint density at radius 1 is 0.896 bits per heavy atom. The van der Waals surface area contributed by atoms with E-state index in [0.29, 0.717) is 77.7 Å². The zero-order valence-electron chi connectivity index (χ0n) is 26.9. The van der Waals surface area contributed by atoms with Crippen molar-refractivity contribution in [3.05, 3.63) is 99.1 Å². The molecule has 0 aliphatic carbocycles. The van der Waals surface area contributed by atoms with Gasteiger partial charge in [-0.1, -0.05) is 47.5 Å². The quantitative estimate of drug-likeness (QED) is 0.181. The molecule has 0 spiro atoms. The monoisotopic (exact) mass is 691 g/mol. The van der Waals surface area contributed by atoms with E-state index in [1.54, 1.807) is 26.6 Å². The number of dihydropyridines is 1. The molecule has 13 heteroatoms. The third-order valence-corrected chi connectivity index (χ3v) is 9.76. The molecule has 2 fully saturated rings. The molecule has 6 rings (SSSR count). The Hall–Kier alpha value is -4.16. The summed E-state index contributed by atoms with van der Waals surface area (Å²) in [5.74, 6) is 1.19. The Bertz CT molecular complexity index is 1740. The van der Waals surface area contributed by atoms with Gasteiger partial charge in [-0.3, -0.25) is 14.6 Å². The van der Waals surface area contributed by atoms with Gasteiger partial charge in [0.15, 0.2) is 5.88 Å². The number of hydrogen-bond acceptors (Lipinski definition) is 9. The Morgan fingerprint density at radius 2 is 1.58 bits per heavy atom. The predicted octanol–water partition coefficient (Wildman–Crippen LogP) is 3.87. The Kier molecular flexibility index (Phi) is 10.5. The van der Waals surface area contributed by atoms with E-state index in [4.69, 9.17) is 37.7 Å². The Balaban J connectivity index is 1.29. The average molecular weight is 693 g/mol. The van der Waals surface area contributed by atoms with Gasteiger partial charge in [0.25, 0.3) is 0 Å². The van der Waals surface area contributed by atoms with Crippen LogP contribution in [-0.2, 0) is 26.4 Å². The van der Waals surface area contributed by atoms with Crippen molar-refractivity contribution in [1.82, 2.24) is 36.6 Å². The molecule has 0 saturated carbocycles. The molecule has 2 aromatic heterocycles. The van der Waals surface area contributed by atoms with Gasteiger partial charge in [0.05, 0.1) is 30.0 Å². The standard InChI is InChI=1S/C35H39Cl2N7O4/c1-47-33-21(17-39-19-24-7-10-30(45)41-24)6-9-28(43-33)26-4-3-5-27(32(26)37)35(23-12-14-38-15-13-23)29(36)16-22(34(44-35)48-2)18-40-20-25-8-11-31(46)42-25/h3-6,9,12-16,24-25,39-40,44H,7-8,10-11,17-20H2,1-2H3,(H,41,45)(H,42,46)/t24-,25-,35?/m0/s1. The zero-order chi connectivity index (χ0) is 33.7. The van der Waals surface area contributed by atoms with Gasteiger partial charge in [0.1, 0.15) is 5.54 Å². The summed E-state index contributed by atoms with van der Waals surface area (Å²) in [6.45, 7) is 2.30. The van der Waals surface area contributed by atoms with E-state index in [0.717, 1.165) is 29.5 Å². The van der Waals surface area contributed by atoms with Crippen molar-refractivity contribution in [2.75, 3.05) is 33.9 Å². The van der Waals surface area contributed by atoms with Gasteiger partial charge in [-0.15, -0.1) is 0 Å². The van der Waals surface area contributed by atoms with E-state index >= 15 is 0 Å². The van der Waals surface area contributed by atoms with Crippen LogP contribution in [0.5, 0.6) is 5.88 Å². The molecule has 0 radical (unpaired) electrons. The summed E-state index contributed by atoms with van der Waals surface area (Å²) in [5.41, 5.74) is 3.47. The molecule has 48 heavy (non-hydrogen) atoms. The summed E-state index contributed by atoms with van der Waals surface area (Å²) in [6.07, 6.45) is 8.07. The molecule has 2 saturated heterocycles. The van der Waals surface area contributed by atoms with Gasteiger partial charge >= 0.3 is 0 Å². The number of carbonyl (C=O) groups excluding carboxylic acids is 2. The molecule has 1 unspecified atom stereocenters. The first-order valence-electron chi connectivity index (χ1n) is 16.0. The molecular formula is C35H39Cl2N7O4. The van der Waals surface area contributed by atoms with Crippen LogP contribution in [0.15, 0.2) is 77.4 Å². The van der Waals surface area contributed by atoms with Gasteiger partial charge in [-0.2, -0.15) is 0 Å². The highest BCUT2D eigenvalue weighted by molar-refractivity contribution is 6.35. The van der Waals surface area contributed by atoms with Crippen LogP contribution in [0.3, 0.4) is 0 Å². The topological polar surface area (TPSA) is 139 Å². The van der Waals surface area contributed by atoms with Gasteiger partial charge in [0.2, 0.25) is 17.7 Å². The minimum atomic E-state index is -1.10. The zero-order valence-corrected chi connectivity index (χ0v) is 28.4. The molecule has 1 aromatic carbocycles. The molecular weight excluding hydrogens is 653 g/mol. The first-order chi connectivity index (χ1) is 23.3. The lowest BCUT2D eigenvalue weighted by Crippen LogP contribution is -2.47. The van der Waals surface area contributed by atoms with Crippen molar-refractivity contribution in [2.24, 2.45) is 0 Å². The number of nitrogens with one attached hydrogen (secondary N) is 5. The number of benzene rings is 1. The average Bonchev–Trinajstić information content (AvgIpc) is 3.72. The molecule has 0 bridgehead atoms. The summed E-state index contributed by atoms with van der Waals surface area (Å²) in [6, 6.07) is 13.7. The van der Waals surface area contributed by atoms with Crippen LogP contribution in [0.4, 0.5) is 0 Å². The smallest absolute Gasteiger partial charge is 0.220 e. The summed E-state index contributed by atoms with van der Waals surface area (Å²) in [4.78, 5) is 32.3. The fourth-order valence-corrected chi connectivity index (χ4v) is 7.24. The second-order valence-corrected chi connectivity index (χ2v) is 12.8. The van der Waals surface area contributed by atoms with Crippen LogP contribution in [0.25, 0.3) is 11.3 Å². The second kappa shape index (κ2) is 14.9. The number of amides is 2. The van der Waals surface area contributed by atoms with Crippen LogP contribution >= 0.6 is 23.2 Å². The lowest BCUT2D eigenvalue weighted by atomic mass is 9.79. The molecule has 252 valence electrons. The number of hydrogen-bond donors (Lipinski definition) is 5. The van der Waals surface area contributed by atoms with Crippen LogP contribution in [0, 0.1) is 0 Å². The number of carbonyl (C=O) groups is 2. The molecule has 3 aliphatic heterocycles. The van der Waals surface area contributed by atoms with Crippen LogP contribution < -0.4 is 31.3 Å². The summed E-state index contributed by atoms with van der Waals surface area (Å²) in [5, 5.41) is 17.3. The number of pyridine rings is 2. The normalized spacial score (nSPS) is 22.2. The van der Waals surface area contributed by atoms with Gasteiger partial charge in [0, 0.05) is 85.8 Å². The minimum Gasteiger partial charge on any atom is -0.482 e. The number of ether oxygens (including phenoxy) is 2. The number of methoxy groups -OCH3 is 2. The van der Waals surface area contributed by atoms with E-state index in [1.807, 2.05) is 48.5 Å². The van der Waals surface area contributed by atoms with Crippen molar-refractivity contribution in [3.63, 3.8) is 0 Å². The molecule has 3 aliphatic rings. The van der Waals surface area contributed by atoms with Crippen LogP contribution in [0.1, 0.15) is 42.4 Å². The van der Waals surface area contributed by atoms with Crippen molar-refractivity contribution in [1.29, 1.82) is 0 Å². The van der Waals surface area contributed by atoms with Gasteiger partial charge in [-0.05, 0) is 42.7 Å². The highest BCUT2D eigenvalue weighted by atomic mass is 35.5. The SMILES string of the molecule is COC1=C(CNC[C@@H]2CCC(=O)N2)C=C(Cl)C(c2ccncc2)(c2cccc(-c3ccc(CNC[C@@H]4CCC(=O)N4)c(OC)n3)c2Cl)N1. The van der Waals surface area contributed by atoms with Crippen molar-refractivity contribution < 1.29 is 19.1 Å². The van der Waals surface area contributed by atoms with E-state index in [2.05, 4.69) is 31.6 Å². The van der Waals surface area contributed by atoms with E-state index in [1.165, 1.54) is 0 Å². The lowest BCUT2D eigenvalue weighted by molar-refractivity contribution is -0.120. The molecule has 5 N–H and O–H groups in total. The summed E-state index contributed by atoms with van der Waals surface area (Å²) >= 11 is 14.6. The van der Waals surface area contributed by atoms with E-state index < -0.39 is 5.54 Å². The highest BCUT2D eigenvalue weighted by Crippen LogP contribution is 2.47. The fraction of sp³-hybridized carbons (Fsp3) is 0.371. The lowest BCUT2D eigenvalue weighted by Gasteiger charge is -2.40. The third-order valence-electron chi connectivity index (χ3n) is 8.96. The second-order valence-electron chi connectivity index (χ2n) is 12.1. The first kappa shape index (κ1) is 33.7. The summed E-state index contributed by atoms with van der Waals surface area (Å²) in [7, 11) is 3.20. The van der Waals surface area contributed by atoms with Crippen molar-refractivity contribution in [2.45, 2.75) is 49.9 Å². The maximum absolute atomic E-state index is 11.6. The number of nitrogens with zero attached hydrogens (tertiary/aromatic N) is 2. The first-order valence-corrected chi connectivity index (χ1v) is 16.7.